The Balaban J connectivity index is 1.23. The second-order valence-electron chi connectivity index (χ2n) is 16.6. The number of azide groups is 2. The highest BCUT2D eigenvalue weighted by Gasteiger charge is 2.45. The van der Waals surface area contributed by atoms with E-state index in [-0.39, 0.29) is 103 Å². The van der Waals surface area contributed by atoms with Gasteiger partial charge in [-0.2, -0.15) is 13.6 Å². The Labute approximate surface area is 447 Å². The summed E-state index contributed by atoms with van der Waals surface area (Å²) in [6.45, 7) is 2.55. The van der Waals surface area contributed by atoms with E-state index in [1.165, 1.54) is 54.1 Å². The van der Waals surface area contributed by atoms with Crippen molar-refractivity contribution in [2.45, 2.75) is 70.1 Å². The van der Waals surface area contributed by atoms with Crippen molar-refractivity contribution in [3.05, 3.63) is 108 Å². The van der Waals surface area contributed by atoms with Crippen LogP contribution in [-0.2, 0) is 60.1 Å². The van der Waals surface area contributed by atoms with E-state index in [1.807, 2.05) is 0 Å². The van der Waals surface area contributed by atoms with Gasteiger partial charge >= 0.3 is 35.4 Å². The van der Waals surface area contributed by atoms with Crippen LogP contribution in [0.25, 0.3) is 31.9 Å². The number of esters is 2. The number of carbonyl (C=O) groups excluding carboxylic acids is 4. The number of hydrogen-bond donors (Lipinski definition) is 9. The largest absolute Gasteiger partial charge is 0.490 e. The minimum absolute atomic E-state index is 0.00813. The Morgan fingerprint density at radius 3 is 2.33 bits per heavy atom. The predicted molar refractivity (Wildman–Crippen MR) is 274 cm³/mol. The van der Waals surface area contributed by atoms with E-state index in [0.717, 1.165) is 0 Å². The Hall–Kier alpha value is -7.03. The van der Waals surface area contributed by atoms with Crippen LogP contribution < -0.4 is 27.7 Å². The molecule has 1 aliphatic heterocycles. The summed E-state index contributed by atoms with van der Waals surface area (Å²) in [5.41, 5.74) is 29.4. The molecule has 3 heterocycles. The smallest absolute Gasteiger partial charge is 0.462 e. The Kier molecular flexibility index (Phi) is 23.3. The molecule has 0 radical (unpaired) electrons. The molecule has 5 unspecified atom stereocenters. The van der Waals surface area contributed by atoms with Gasteiger partial charge in [0.25, 0.3) is 5.56 Å². The topological polar surface area (TPSA) is 499 Å². The van der Waals surface area contributed by atoms with Crippen LogP contribution in [0.5, 0.6) is 0 Å². The van der Waals surface area contributed by atoms with Gasteiger partial charge < -0.3 is 69.9 Å². The van der Waals surface area contributed by atoms with E-state index in [4.69, 9.17) is 60.5 Å². The van der Waals surface area contributed by atoms with E-state index < -0.39 is 89.9 Å². The van der Waals surface area contributed by atoms with Crippen LogP contribution in [0.4, 0.5) is 11.6 Å². The molecule has 2 aromatic carbocycles. The van der Waals surface area contributed by atoms with Crippen molar-refractivity contribution < 1.29 is 89.3 Å². The number of phosphoric acid groups is 3. The second kappa shape index (κ2) is 29.3. The molecule has 36 heteroatoms. The number of hydrogen-bond acceptors (Lipinski definition) is 21. The molecule has 5 rings (SSSR count). The minimum Gasteiger partial charge on any atom is -0.462 e. The number of carbonyl (C=O) groups is 4. The maximum Gasteiger partial charge on any atom is 0.490 e. The average Bonchev–Trinajstić information content (AvgIpc) is 4.20. The molecule has 2 aromatic heterocycles. The number of aromatic amines is 1. The zero-order valence-electron chi connectivity index (χ0n) is 41.9. The molecule has 1 fully saturated rings. The number of anilines is 2. The summed E-state index contributed by atoms with van der Waals surface area (Å²) >= 11 is 0. The third kappa shape index (κ3) is 19.4. The van der Waals surface area contributed by atoms with Crippen LogP contribution in [0.3, 0.4) is 0 Å². The van der Waals surface area contributed by atoms with Crippen molar-refractivity contribution in [3.8, 4) is 11.8 Å². The van der Waals surface area contributed by atoms with Crippen molar-refractivity contribution in [3.63, 3.8) is 0 Å². The number of aromatic nitrogens is 3. The third-order valence-corrected chi connectivity index (χ3v) is 14.7. The first kappa shape index (κ1) is 62.8. The third-order valence-electron chi connectivity index (χ3n) is 10.8. The minimum atomic E-state index is -5.93. The van der Waals surface area contributed by atoms with Gasteiger partial charge in [-0.1, -0.05) is 54.1 Å². The number of nitrogens with zero attached hydrogens (tertiary/aromatic N) is 8. The number of amides is 2. The van der Waals surface area contributed by atoms with Gasteiger partial charge in [0, 0.05) is 41.1 Å². The highest BCUT2D eigenvalue weighted by atomic mass is 31.3. The fraction of sp³-hybridized carbons (Fsp3) is 0.442. The van der Waals surface area contributed by atoms with Gasteiger partial charge in [-0.3, -0.25) is 23.9 Å². The van der Waals surface area contributed by atoms with E-state index in [2.05, 4.69) is 61.1 Å². The Morgan fingerprint density at radius 1 is 0.924 bits per heavy atom. The molecule has 11 N–H and O–H groups in total. The molecule has 33 nitrogen and oxygen atoms in total. The van der Waals surface area contributed by atoms with Gasteiger partial charge in [0.2, 0.25) is 17.8 Å². The normalized spacial score (nSPS) is 17.3. The summed E-state index contributed by atoms with van der Waals surface area (Å²) < 4.78 is 77.4. The van der Waals surface area contributed by atoms with Gasteiger partial charge in [0.05, 0.1) is 73.7 Å². The standard InChI is InChI=1S/C43H54N13O20P3/c1-25(52-54-46)29-9-3-4-10-30(29)42(61)74-33-21-37(73-34(33)23-72-78(65,66)76-79(67,68)75-77(62,63)64)56-22-27(38-39(56)50-43(45)51-40(38)59)8-7-15-48-35(57)11-5-6-16-71-41(60)31-13-12-28(20-32(31)26(2)53-55-47)49-36(58)24-70-19-18-69-17-14-44/h3-4,9-10,12-13,20,22,25-26,33-34,37H,5-6,11,14-19,21,23-24,44H2,1-2H3,(H,48,57)(H,49,58)(H,65,66)(H,67,68)(H2,62,63,64)(H3,45,50,51,59)/t25?,26?,33?,34-,37-/m1/s1. The second-order valence-corrected chi connectivity index (χ2v) is 21.0. The number of unbranched alkanes of at least 4 members (excludes halogenated alkanes) is 1. The molecular formula is C43H54N13O20P3. The lowest BCUT2D eigenvalue weighted by Crippen LogP contribution is -2.31. The summed E-state index contributed by atoms with van der Waals surface area (Å²) in [4.78, 5) is 115. The zero-order chi connectivity index (χ0) is 57.9. The molecule has 2 amide bonds. The molecule has 0 bridgehead atoms. The quantitative estimate of drug-likeness (QED) is 0.00694. The summed E-state index contributed by atoms with van der Waals surface area (Å²) in [7, 11) is -17.4. The molecule has 1 saturated heterocycles. The molecule has 0 saturated carbocycles. The fourth-order valence-electron chi connectivity index (χ4n) is 7.47. The lowest BCUT2D eigenvalue weighted by molar-refractivity contribution is -0.121. The number of fused-ring (bicyclic) bond motifs is 1. The average molecular weight is 1170 g/mol. The molecule has 79 heavy (non-hydrogen) atoms. The van der Waals surface area contributed by atoms with Crippen molar-refractivity contribution in [2.24, 2.45) is 16.0 Å². The molecule has 4 aromatic rings. The molecular weight excluding hydrogens is 1110 g/mol. The van der Waals surface area contributed by atoms with Gasteiger partial charge in [-0.05, 0) is 59.3 Å². The molecule has 0 spiro atoms. The van der Waals surface area contributed by atoms with Crippen LogP contribution in [0.2, 0.25) is 0 Å². The molecule has 1 aliphatic rings. The highest BCUT2D eigenvalue weighted by molar-refractivity contribution is 7.66. The Morgan fingerprint density at radius 2 is 1.62 bits per heavy atom. The number of H-pyrrole nitrogens is 1. The van der Waals surface area contributed by atoms with Crippen LogP contribution in [0.15, 0.2) is 63.7 Å². The van der Waals surface area contributed by atoms with Gasteiger partial charge in [-0.25, -0.2) is 23.3 Å². The number of nitrogens with one attached hydrogen (secondary N) is 3. The number of phosphoric ester groups is 1. The summed E-state index contributed by atoms with van der Waals surface area (Å²) in [6, 6.07) is 8.61. The lowest BCUT2D eigenvalue weighted by Gasteiger charge is -2.21. The van der Waals surface area contributed by atoms with Gasteiger partial charge in [-0.15, -0.1) is 0 Å². The predicted octanol–water partition coefficient (Wildman–Crippen LogP) is 4.33. The van der Waals surface area contributed by atoms with Crippen LogP contribution in [0, 0.1) is 11.8 Å². The monoisotopic (exact) mass is 1170 g/mol. The van der Waals surface area contributed by atoms with Gasteiger partial charge in [0.15, 0.2) is 5.65 Å². The lowest BCUT2D eigenvalue weighted by atomic mass is 10.0. The highest BCUT2D eigenvalue weighted by Crippen LogP contribution is 2.66. The maximum absolute atomic E-state index is 13.7. The van der Waals surface area contributed by atoms with Crippen molar-refractivity contribution in [1.29, 1.82) is 0 Å². The first-order valence-corrected chi connectivity index (χ1v) is 27.9. The van der Waals surface area contributed by atoms with Crippen molar-refractivity contribution in [1.82, 2.24) is 19.9 Å². The van der Waals surface area contributed by atoms with Crippen LogP contribution in [0.1, 0.15) is 95.2 Å². The van der Waals surface area contributed by atoms with E-state index in [0.29, 0.717) is 18.8 Å². The summed E-state index contributed by atoms with van der Waals surface area (Å²) in [5, 5.41) is 12.4. The number of ether oxygens (including phenoxy) is 5. The number of nitrogens with two attached hydrogens (primary N) is 2. The van der Waals surface area contributed by atoms with Crippen LogP contribution >= 0.6 is 23.5 Å². The SMILES string of the molecule is CC(N=[N+]=[N-])c1cc(NC(=O)COCCOCCN)ccc1C(=O)OCCCCC(=O)NCC#Cc1cn([C@H]2CC(OC(=O)c3ccccc3C(C)N=[N+]=[N-])[C@@H](COP(=O)(O)OP(=O)(O)OP(=O)(O)O)O2)c2nc(N)[nH]c(=O)c12. The number of benzene rings is 2. The van der Waals surface area contributed by atoms with Crippen molar-refractivity contribution in [2.75, 3.05) is 63.8 Å². The summed E-state index contributed by atoms with van der Waals surface area (Å²) in [6.07, 6.45) is -2.71. The Bertz CT molecular complexity index is 3240. The zero-order valence-corrected chi connectivity index (χ0v) is 44.6. The number of nitrogen functional groups attached to an aromatic ring is 1. The first-order valence-electron chi connectivity index (χ1n) is 23.4. The van der Waals surface area contributed by atoms with E-state index >= 15 is 0 Å². The van der Waals surface area contributed by atoms with Crippen LogP contribution in [-0.4, -0.2) is 123 Å². The summed E-state index contributed by atoms with van der Waals surface area (Å²) in [5.74, 6) is 2.52. The number of rotatable bonds is 29. The fourth-order valence-corrected chi connectivity index (χ4v) is 10.5. The van der Waals surface area contributed by atoms with E-state index in [1.54, 1.807) is 13.0 Å². The van der Waals surface area contributed by atoms with Gasteiger partial charge in [0.1, 0.15) is 25.0 Å². The van der Waals surface area contributed by atoms with E-state index in [9.17, 15) is 47.5 Å². The molecule has 426 valence electrons. The maximum atomic E-state index is 13.7. The molecule has 7 atom stereocenters. The molecule has 0 aliphatic carbocycles. The van der Waals surface area contributed by atoms with Crippen molar-refractivity contribution >= 4 is 69.9 Å². The first-order chi connectivity index (χ1) is 37.4.